The van der Waals surface area contributed by atoms with Crippen LogP contribution in [0.3, 0.4) is 0 Å². The van der Waals surface area contributed by atoms with Gasteiger partial charge in [-0.15, -0.1) is 0 Å². The van der Waals surface area contributed by atoms with E-state index in [1.165, 1.54) is 0 Å². The Balaban J connectivity index is 2.51. The quantitative estimate of drug-likeness (QED) is 0.567. The zero-order valence-corrected chi connectivity index (χ0v) is 13.9. The Kier molecular flexibility index (Phi) is 7.39. The van der Waals surface area contributed by atoms with E-state index in [2.05, 4.69) is 25.2 Å². The molecule has 4 nitrogen and oxygen atoms in total. The molecule has 0 bridgehead atoms. The molecule has 1 aromatic rings. The predicted molar refractivity (Wildman–Crippen MR) is 88.1 cm³/mol. The van der Waals surface area contributed by atoms with Crippen molar-refractivity contribution in [2.24, 2.45) is 5.92 Å². The van der Waals surface area contributed by atoms with E-state index in [4.69, 9.17) is 16.2 Å². The summed E-state index contributed by atoms with van der Waals surface area (Å²) < 4.78 is 30.0. The van der Waals surface area contributed by atoms with Crippen molar-refractivity contribution in [2.75, 3.05) is 12.3 Å². The second-order valence-electron chi connectivity index (χ2n) is 5.27. The van der Waals surface area contributed by atoms with Crippen LogP contribution in [-0.2, 0) is 10.1 Å². The highest BCUT2D eigenvalue weighted by atomic mass is 35.5. The first-order valence-corrected chi connectivity index (χ1v) is 8.89. The van der Waals surface area contributed by atoms with E-state index < -0.39 is 10.1 Å². The van der Waals surface area contributed by atoms with Crippen LogP contribution in [0.4, 0.5) is 0 Å². The topological polar surface area (TPSA) is 66.4 Å². The van der Waals surface area contributed by atoms with Crippen molar-refractivity contribution < 1.29 is 13.0 Å². The van der Waals surface area contributed by atoms with E-state index in [0.717, 1.165) is 5.56 Å². The Bertz CT molecular complexity index is 553. The van der Waals surface area contributed by atoms with Crippen LogP contribution >= 0.6 is 11.6 Å². The van der Waals surface area contributed by atoms with E-state index in [9.17, 15) is 8.42 Å². The molecule has 21 heavy (non-hydrogen) atoms. The van der Waals surface area contributed by atoms with Gasteiger partial charge in [-0.1, -0.05) is 49.7 Å². The zero-order chi connectivity index (χ0) is 15.9. The van der Waals surface area contributed by atoms with Gasteiger partial charge in [-0.25, -0.2) is 0 Å². The molecule has 0 radical (unpaired) electrons. The summed E-state index contributed by atoms with van der Waals surface area (Å²) in [5.41, 5.74) is 1.06. The predicted octanol–water partition coefficient (Wildman–Crippen LogP) is 3.25. The fraction of sp³-hybridized carbons (Fsp3) is 0.467. The first kappa shape index (κ1) is 18.2. The summed E-state index contributed by atoms with van der Waals surface area (Å²) >= 11 is 5.84. The molecule has 2 N–H and O–H groups in total. The summed E-state index contributed by atoms with van der Waals surface area (Å²) in [7, 11) is -3.87. The van der Waals surface area contributed by atoms with Gasteiger partial charge in [0.05, 0.1) is 5.75 Å². The molecule has 0 saturated carbocycles. The maximum Gasteiger partial charge on any atom is 0.264 e. The third kappa shape index (κ3) is 8.21. The normalized spacial score (nSPS) is 14.0. The molecule has 0 heterocycles. The standard InChI is InChI=1S/C15H22ClNO3S/c1-12(2)15(17-10-3-11-21(18,19)20)9-6-13-4-7-14(16)8-5-13/h4-9,12,15,17H,3,10-11H2,1-2H3,(H,18,19,20)/b9-6+/t15-/m0/s1. The van der Waals surface area contributed by atoms with Crippen molar-refractivity contribution in [1.29, 1.82) is 0 Å². The molecule has 0 aromatic heterocycles. The maximum absolute atomic E-state index is 10.7. The minimum atomic E-state index is -3.87. The van der Waals surface area contributed by atoms with Crippen molar-refractivity contribution in [3.8, 4) is 0 Å². The fourth-order valence-corrected chi connectivity index (χ4v) is 2.47. The molecule has 0 aliphatic rings. The number of halogens is 1. The van der Waals surface area contributed by atoms with Gasteiger partial charge in [0.1, 0.15) is 0 Å². The fourth-order valence-electron chi connectivity index (χ4n) is 1.84. The van der Waals surface area contributed by atoms with Gasteiger partial charge < -0.3 is 5.32 Å². The largest absolute Gasteiger partial charge is 0.310 e. The number of hydrogen-bond donors (Lipinski definition) is 2. The first-order chi connectivity index (χ1) is 9.78. The van der Waals surface area contributed by atoms with Crippen LogP contribution in [0.1, 0.15) is 25.8 Å². The Hall–Kier alpha value is -0.880. The van der Waals surface area contributed by atoms with Crippen LogP contribution in [0.15, 0.2) is 30.3 Å². The van der Waals surface area contributed by atoms with Crippen molar-refractivity contribution >= 4 is 27.8 Å². The van der Waals surface area contributed by atoms with E-state index in [1.807, 2.05) is 30.3 Å². The van der Waals surface area contributed by atoms with Crippen molar-refractivity contribution in [2.45, 2.75) is 26.3 Å². The van der Waals surface area contributed by atoms with Gasteiger partial charge in [0.15, 0.2) is 0 Å². The highest BCUT2D eigenvalue weighted by Crippen LogP contribution is 2.12. The van der Waals surface area contributed by atoms with Crippen LogP contribution in [0, 0.1) is 5.92 Å². The zero-order valence-electron chi connectivity index (χ0n) is 12.3. The second-order valence-corrected chi connectivity index (χ2v) is 7.28. The second kappa shape index (κ2) is 8.54. The minimum Gasteiger partial charge on any atom is -0.310 e. The third-order valence-corrected chi connectivity index (χ3v) is 4.10. The molecule has 118 valence electrons. The van der Waals surface area contributed by atoms with Crippen LogP contribution in [0.25, 0.3) is 6.08 Å². The number of benzene rings is 1. The molecule has 0 fully saturated rings. The first-order valence-electron chi connectivity index (χ1n) is 6.90. The lowest BCUT2D eigenvalue weighted by atomic mass is 10.0. The third-order valence-electron chi connectivity index (χ3n) is 3.04. The van der Waals surface area contributed by atoms with Crippen molar-refractivity contribution in [1.82, 2.24) is 5.32 Å². The molecule has 0 amide bonds. The van der Waals surface area contributed by atoms with E-state index in [1.54, 1.807) is 0 Å². The molecular weight excluding hydrogens is 310 g/mol. The summed E-state index contributed by atoms with van der Waals surface area (Å²) in [6.07, 6.45) is 4.45. The van der Waals surface area contributed by atoms with Gasteiger partial charge in [-0.2, -0.15) is 8.42 Å². The molecule has 0 spiro atoms. The lowest BCUT2D eigenvalue weighted by molar-refractivity contribution is 0.456. The Morgan fingerprint density at radius 1 is 1.29 bits per heavy atom. The molecule has 1 aromatic carbocycles. The van der Waals surface area contributed by atoms with Crippen LogP contribution in [0.2, 0.25) is 5.02 Å². The Labute approximate surface area is 132 Å². The lowest BCUT2D eigenvalue weighted by Gasteiger charge is -2.18. The van der Waals surface area contributed by atoms with E-state index in [-0.39, 0.29) is 11.8 Å². The van der Waals surface area contributed by atoms with Gasteiger partial charge in [0, 0.05) is 11.1 Å². The van der Waals surface area contributed by atoms with E-state index in [0.29, 0.717) is 23.9 Å². The Morgan fingerprint density at radius 2 is 1.90 bits per heavy atom. The van der Waals surface area contributed by atoms with Gasteiger partial charge in [0.2, 0.25) is 0 Å². The van der Waals surface area contributed by atoms with Gasteiger partial charge in [-0.05, 0) is 36.6 Å². The molecule has 1 rings (SSSR count). The highest BCUT2D eigenvalue weighted by Gasteiger charge is 2.10. The molecule has 0 aliphatic carbocycles. The molecular formula is C15H22ClNO3S. The summed E-state index contributed by atoms with van der Waals surface area (Å²) in [4.78, 5) is 0. The molecule has 0 saturated heterocycles. The molecule has 0 aliphatic heterocycles. The number of nitrogens with one attached hydrogen (secondary N) is 1. The van der Waals surface area contributed by atoms with Gasteiger partial charge in [-0.3, -0.25) is 4.55 Å². The van der Waals surface area contributed by atoms with Crippen LogP contribution < -0.4 is 5.32 Å². The van der Waals surface area contributed by atoms with E-state index >= 15 is 0 Å². The number of hydrogen-bond acceptors (Lipinski definition) is 3. The minimum absolute atomic E-state index is 0.141. The summed E-state index contributed by atoms with van der Waals surface area (Å²) in [6, 6.07) is 7.70. The lowest BCUT2D eigenvalue weighted by Crippen LogP contribution is -2.33. The highest BCUT2D eigenvalue weighted by molar-refractivity contribution is 7.85. The van der Waals surface area contributed by atoms with Crippen LogP contribution in [-0.4, -0.2) is 31.3 Å². The van der Waals surface area contributed by atoms with Gasteiger partial charge >= 0.3 is 0 Å². The average molecular weight is 332 g/mol. The maximum atomic E-state index is 10.7. The molecule has 6 heteroatoms. The SMILES string of the molecule is CC(C)[C@H](/C=C/c1ccc(Cl)cc1)NCCCS(=O)(=O)O. The summed E-state index contributed by atoms with van der Waals surface area (Å²) in [6.45, 7) is 4.72. The summed E-state index contributed by atoms with van der Waals surface area (Å²) in [5, 5.41) is 3.99. The van der Waals surface area contributed by atoms with Crippen molar-refractivity contribution in [3.05, 3.63) is 40.9 Å². The smallest absolute Gasteiger partial charge is 0.264 e. The average Bonchev–Trinajstić information content (AvgIpc) is 2.38. The summed E-state index contributed by atoms with van der Waals surface area (Å²) in [5.74, 6) is 0.158. The monoisotopic (exact) mass is 331 g/mol. The van der Waals surface area contributed by atoms with Gasteiger partial charge in [0.25, 0.3) is 10.1 Å². The number of rotatable bonds is 8. The molecule has 1 atom stereocenters. The molecule has 0 unspecified atom stereocenters. The Morgan fingerprint density at radius 3 is 2.43 bits per heavy atom. The van der Waals surface area contributed by atoms with Crippen molar-refractivity contribution in [3.63, 3.8) is 0 Å². The van der Waals surface area contributed by atoms with Crippen LogP contribution in [0.5, 0.6) is 0 Å².